The lowest BCUT2D eigenvalue weighted by Gasteiger charge is -2.38. The number of hydrogen-bond donors (Lipinski definition) is 1. The second-order valence-electron chi connectivity index (χ2n) is 6.19. The predicted octanol–water partition coefficient (Wildman–Crippen LogP) is 2.68. The van der Waals surface area contributed by atoms with Gasteiger partial charge in [-0.15, -0.1) is 0 Å². The van der Waals surface area contributed by atoms with Gasteiger partial charge in [-0.2, -0.15) is 0 Å². The van der Waals surface area contributed by atoms with Crippen molar-refractivity contribution in [3.63, 3.8) is 0 Å². The number of benzene rings is 1. The smallest absolute Gasteiger partial charge is 0.118 e. The molecule has 2 aliphatic rings. The van der Waals surface area contributed by atoms with Gasteiger partial charge in [0.2, 0.25) is 0 Å². The van der Waals surface area contributed by atoms with Gasteiger partial charge in [0.15, 0.2) is 0 Å². The summed E-state index contributed by atoms with van der Waals surface area (Å²) in [5.41, 5.74) is 1.26. The third-order valence-corrected chi connectivity index (χ3v) is 4.66. The molecule has 1 N–H and O–H groups in total. The number of ether oxygens (including phenoxy) is 3. The first-order chi connectivity index (χ1) is 10.2. The summed E-state index contributed by atoms with van der Waals surface area (Å²) in [4.78, 5) is 0. The first-order valence-corrected chi connectivity index (χ1v) is 7.82. The average molecular weight is 291 g/mol. The van der Waals surface area contributed by atoms with E-state index in [9.17, 15) is 0 Å². The van der Waals surface area contributed by atoms with Gasteiger partial charge in [0.05, 0.1) is 19.3 Å². The molecule has 2 fully saturated rings. The fourth-order valence-corrected chi connectivity index (χ4v) is 3.38. The summed E-state index contributed by atoms with van der Waals surface area (Å²) >= 11 is 0. The fourth-order valence-electron chi connectivity index (χ4n) is 3.38. The summed E-state index contributed by atoms with van der Waals surface area (Å²) in [6.45, 7) is 4.63. The topological polar surface area (TPSA) is 39.7 Å². The minimum atomic E-state index is -0.0322. The molecule has 1 aromatic rings. The Balaban J connectivity index is 1.59. The number of methoxy groups -OCH3 is 1. The third-order valence-electron chi connectivity index (χ3n) is 4.66. The largest absolute Gasteiger partial charge is 0.497 e. The molecule has 4 nitrogen and oxygen atoms in total. The van der Waals surface area contributed by atoms with Gasteiger partial charge in [-0.25, -0.2) is 0 Å². The van der Waals surface area contributed by atoms with Crippen LogP contribution in [0.5, 0.6) is 5.75 Å². The van der Waals surface area contributed by atoms with Crippen molar-refractivity contribution in [3.05, 3.63) is 29.8 Å². The van der Waals surface area contributed by atoms with Crippen molar-refractivity contribution in [2.45, 2.75) is 43.9 Å². The van der Waals surface area contributed by atoms with E-state index in [1.807, 2.05) is 12.1 Å². The molecule has 0 saturated carbocycles. The Labute approximate surface area is 126 Å². The van der Waals surface area contributed by atoms with E-state index >= 15 is 0 Å². The van der Waals surface area contributed by atoms with Gasteiger partial charge in [-0.05, 0) is 37.5 Å². The van der Waals surface area contributed by atoms with Crippen molar-refractivity contribution in [2.75, 3.05) is 26.9 Å². The molecule has 21 heavy (non-hydrogen) atoms. The van der Waals surface area contributed by atoms with E-state index in [4.69, 9.17) is 14.2 Å². The lowest BCUT2D eigenvalue weighted by Crippen LogP contribution is -2.48. The van der Waals surface area contributed by atoms with Crippen LogP contribution in [0, 0.1) is 0 Å². The van der Waals surface area contributed by atoms with Gasteiger partial charge >= 0.3 is 0 Å². The zero-order chi connectivity index (χ0) is 14.7. The van der Waals surface area contributed by atoms with Gasteiger partial charge in [-0.3, -0.25) is 0 Å². The maximum absolute atomic E-state index is 5.99. The van der Waals surface area contributed by atoms with Crippen LogP contribution in [-0.4, -0.2) is 38.6 Å². The lowest BCUT2D eigenvalue weighted by atomic mass is 9.89. The zero-order valence-electron chi connectivity index (χ0n) is 12.9. The molecule has 0 radical (unpaired) electrons. The third kappa shape index (κ3) is 3.39. The molecule has 116 valence electrons. The van der Waals surface area contributed by atoms with E-state index in [2.05, 4.69) is 24.4 Å². The molecule has 0 aromatic heterocycles. The van der Waals surface area contributed by atoms with Crippen LogP contribution in [0.25, 0.3) is 0 Å². The van der Waals surface area contributed by atoms with Crippen molar-refractivity contribution in [1.29, 1.82) is 0 Å². The molecule has 2 heterocycles. The summed E-state index contributed by atoms with van der Waals surface area (Å²) in [7, 11) is 1.70. The average Bonchev–Trinajstić information content (AvgIpc) is 2.95. The van der Waals surface area contributed by atoms with Crippen LogP contribution in [0.15, 0.2) is 24.3 Å². The molecule has 2 saturated heterocycles. The minimum absolute atomic E-state index is 0.0322. The molecule has 1 aromatic carbocycles. The summed E-state index contributed by atoms with van der Waals surface area (Å²) in [5, 5.41) is 3.75. The highest BCUT2D eigenvalue weighted by molar-refractivity contribution is 5.28. The van der Waals surface area contributed by atoms with Crippen LogP contribution in [-0.2, 0) is 9.47 Å². The summed E-state index contributed by atoms with van der Waals surface area (Å²) in [6.07, 6.45) is 3.15. The van der Waals surface area contributed by atoms with E-state index < -0.39 is 0 Å². The predicted molar refractivity (Wildman–Crippen MR) is 81.7 cm³/mol. The number of hydrogen-bond acceptors (Lipinski definition) is 4. The van der Waals surface area contributed by atoms with E-state index in [0.29, 0.717) is 12.1 Å². The van der Waals surface area contributed by atoms with E-state index in [1.54, 1.807) is 7.11 Å². The van der Waals surface area contributed by atoms with Gasteiger partial charge in [0, 0.05) is 31.7 Å². The standard InChI is InChI=1S/C17H25NO3/c1-13(14-3-5-16(19-2)6-4-14)18-15-7-9-21-17(11-15)8-10-20-12-17/h3-6,13,15,18H,7-12H2,1-2H3/t13-,15?,17?/m0/s1. The van der Waals surface area contributed by atoms with Crippen LogP contribution in [0.1, 0.15) is 37.8 Å². The highest BCUT2D eigenvalue weighted by Gasteiger charge is 2.41. The molecule has 0 bridgehead atoms. The van der Waals surface area contributed by atoms with E-state index in [-0.39, 0.29) is 5.60 Å². The maximum Gasteiger partial charge on any atom is 0.118 e. The summed E-state index contributed by atoms with van der Waals surface area (Å²) < 4.78 is 16.7. The first kappa shape index (κ1) is 14.8. The Morgan fingerprint density at radius 1 is 1.29 bits per heavy atom. The molecule has 2 aliphatic heterocycles. The van der Waals surface area contributed by atoms with Crippen molar-refractivity contribution in [1.82, 2.24) is 5.32 Å². The fraction of sp³-hybridized carbons (Fsp3) is 0.647. The van der Waals surface area contributed by atoms with Crippen molar-refractivity contribution in [2.24, 2.45) is 0 Å². The molecule has 4 heteroatoms. The van der Waals surface area contributed by atoms with Gasteiger partial charge in [0.25, 0.3) is 0 Å². The van der Waals surface area contributed by atoms with Crippen LogP contribution < -0.4 is 10.1 Å². The first-order valence-electron chi connectivity index (χ1n) is 7.82. The molecule has 1 spiro atoms. The van der Waals surface area contributed by atoms with Crippen LogP contribution >= 0.6 is 0 Å². The Hall–Kier alpha value is -1.10. The molecule has 0 aliphatic carbocycles. The normalized spacial score (nSPS) is 30.5. The molecular formula is C17H25NO3. The molecular weight excluding hydrogens is 266 g/mol. The Morgan fingerprint density at radius 3 is 2.76 bits per heavy atom. The molecule has 3 rings (SSSR count). The highest BCUT2D eigenvalue weighted by Crippen LogP contribution is 2.33. The van der Waals surface area contributed by atoms with Crippen LogP contribution in [0.4, 0.5) is 0 Å². The minimum Gasteiger partial charge on any atom is -0.497 e. The number of rotatable bonds is 4. The van der Waals surface area contributed by atoms with Crippen molar-refractivity contribution >= 4 is 0 Å². The molecule has 3 atom stereocenters. The second kappa shape index (κ2) is 6.34. The van der Waals surface area contributed by atoms with Crippen molar-refractivity contribution in [3.8, 4) is 5.75 Å². The van der Waals surface area contributed by atoms with Crippen molar-refractivity contribution < 1.29 is 14.2 Å². The molecule has 0 amide bonds. The molecule has 2 unspecified atom stereocenters. The zero-order valence-corrected chi connectivity index (χ0v) is 12.9. The van der Waals surface area contributed by atoms with Gasteiger partial charge < -0.3 is 19.5 Å². The van der Waals surface area contributed by atoms with Gasteiger partial charge in [-0.1, -0.05) is 12.1 Å². The number of nitrogens with one attached hydrogen (secondary N) is 1. The van der Waals surface area contributed by atoms with E-state index in [0.717, 1.165) is 44.8 Å². The summed E-state index contributed by atoms with van der Waals surface area (Å²) in [5.74, 6) is 0.902. The monoisotopic (exact) mass is 291 g/mol. The van der Waals surface area contributed by atoms with Gasteiger partial charge in [0.1, 0.15) is 5.75 Å². The SMILES string of the molecule is COc1ccc([C@H](C)NC2CCOC3(CCOC3)C2)cc1. The second-order valence-corrected chi connectivity index (χ2v) is 6.19. The Kier molecular flexibility index (Phi) is 4.48. The lowest BCUT2D eigenvalue weighted by molar-refractivity contribution is -0.0902. The summed E-state index contributed by atoms with van der Waals surface area (Å²) in [6, 6.07) is 9.12. The van der Waals surface area contributed by atoms with Crippen LogP contribution in [0.3, 0.4) is 0 Å². The Morgan fingerprint density at radius 2 is 2.10 bits per heavy atom. The van der Waals surface area contributed by atoms with Crippen LogP contribution in [0.2, 0.25) is 0 Å². The Bertz CT molecular complexity index is 454. The highest BCUT2D eigenvalue weighted by atomic mass is 16.6. The maximum atomic E-state index is 5.99. The quantitative estimate of drug-likeness (QED) is 0.926. The van der Waals surface area contributed by atoms with E-state index in [1.165, 1.54) is 5.56 Å².